The fourth-order valence-electron chi connectivity index (χ4n) is 3.44. The average molecular weight is 251 g/mol. The number of aliphatic imine (C=N–C) groups is 1. The van der Waals surface area contributed by atoms with Gasteiger partial charge in [0.05, 0.1) is 0 Å². The summed E-state index contributed by atoms with van der Waals surface area (Å²) in [5.74, 6) is 1.15. The molecular formula is C14H25N3O. The van der Waals surface area contributed by atoms with E-state index in [4.69, 9.17) is 5.73 Å². The molecule has 2 rings (SSSR count). The van der Waals surface area contributed by atoms with Crippen molar-refractivity contribution in [2.75, 3.05) is 7.05 Å². The molecule has 1 saturated carbocycles. The lowest BCUT2D eigenvalue weighted by Gasteiger charge is -2.31. The van der Waals surface area contributed by atoms with Gasteiger partial charge in [0.15, 0.2) is 5.96 Å². The van der Waals surface area contributed by atoms with Gasteiger partial charge >= 0.3 is 0 Å². The predicted octanol–water partition coefficient (Wildman–Crippen LogP) is 2.28. The van der Waals surface area contributed by atoms with Gasteiger partial charge in [-0.15, -0.1) is 0 Å². The molecule has 0 aromatic heterocycles. The minimum Gasteiger partial charge on any atom is -0.369 e. The molecule has 1 aliphatic carbocycles. The van der Waals surface area contributed by atoms with Crippen LogP contribution in [0.25, 0.3) is 0 Å². The molecule has 4 heteroatoms. The maximum absolute atomic E-state index is 12.4. The van der Waals surface area contributed by atoms with Crippen molar-refractivity contribution in [2.24, 2.45) is 16.6 Å². The van der Waals surface area contributed by atoms with E-state index in [9.17, 15) is 4.79 Å². The van der Waals surface area contributed by atoms with Crippen LogP contribution in [0.3, 0.4) is 0 Å². The second kappa shape index (κ2) is 5.29. The minimum atomic E-state index is -0.546. The number of nitrogens with zero attached hydrogens (tertiary/aromatic N) is 2. The van der Waals surface area contributed by atoms with Gasteiger partial charge in [-0.2, -0.15) is 0 Å². The highest BCUT2D eigenvalue weighted by atomic mass is 16.2. The minimum absolute atomic E-state index is 0.104. The Labute approximate surface area is 110 Å². The molecule has 0 aromatic rings. The number of hydrogen-bond acceptors (Lipinski definition) is 3. The van der Waals surface area contributed by atoms with Gasteiger partial charge in [-0.3, -0.25) is 9.69 Å². The highest BCUT2D eigenvalue weighted by molar-refractivity contribution is 6.06. The molecule has 0 saturated heterocycles. The first kappa shape index (κ1) is 13.4. The summed E-state index contributed by atoms with van der Waals surface area (Å²) < 4.78 is 0. The molecule has 1 atom stereocenters. The van der Waals surface area contributed by atoms with Crippen LogP contribution in [-0.4, -0.2) is 29.4 Å². The van der Waals surface area contributed by atoms with Gasteiger partial charge in [-0.1, -0.05) is 45.4 Å². The molecule has 1 fully saturated rings. The monoisotopic (exact) mass is 251 g/mol. The zero-order valence-electron chi connectivity index (χ0n) is 11.6. The Balaban J connectivity index is 2.14. The van der Waals surface area contributed by atoms with Gasteiger partial charge in [0.25, 0.3) is 5.91 Å². The summed E-state index contributed by atoms with van der Waals surface area (Å²) in [6.45, 7) is 2.11. The summed E-state index contributed by atoms with van der Waals surface area (Å²) in [7, 11) is 1.74. The van der Waals surface area contributed by atoms with Crippen molar-refractivity contribution in [2.45, 2.75) is 63.8 Å². The molecule has 1 amide bonds. The van der Waals surface area contributed by atoms with Crippen LogP contribution >= 0.6 is 0 Å². The highest BCUT2D eigenvalue weighted by Crippen LogP contribution is 2.37. The van der Waals surface area contributed by atoms with Crippen molar-refractivity contribution >= 4 is 11.9 Å². The summed E-state index contributed by atoms with van der Waals surface area (Å²) in [5.41, 5.74) is 5.29. The summed E-state index contributed by atoms with van der Waals surface area (Å²) in [6, 6.07) is 0. The van der Waals surface area contributed by atoms with Crippen LogP contribution in [0.2, 0.25) is 0 Å². The van der Waals surface area contributed by atoms with Crippen LogP contribution in [0.1, 0.15) is 58.3 Å². The summed E-state index contributed by atoms with van der Waals surface area (Å²) >= 11 is 0. The predicted molar refractivity (Wildman–Crippen MR) is 73.2 cm³/mol. The number of carbonyl (C=O) groups excluding carboxylic acids is 1. The van der Waals surface area contributed by atoms with Gasteiger partial charge in [-0.05, 0) is 18.8 Å². The van der Waals surface area contributed by atoms with Crippen molar-refractivity contribution in [3.05, 3.63) is 0 Å². The van der Waals surface area contributed by atoms with Gasteiger partial charge in [0, 0.05) is 7.05 Å². The standard InChI is InChI=1S/C14H25N3O/c1-3-9-14(10-11-7-5-4-6-8-11)12(18)17(2)13(15)16-14/h11H,3-10H2,1-2H3,(H2,15,16). The number of likely N-dealkylation sites (N-methyl/N-ethyl adjacent to an activating group) is 1. The fourth-order valence-corrected chi connectivity index (χ4v) is 3.44. The number of nitrogens with two attached hydrogens (primary N) is 1. The summed E-state index contributed by atoms with van der Waals surface area (Å²) in [4.78, 5) is 18.5. The van der Waals surface area contributed by atoms with E-state index in [0.29, 0.717) is 11.9 Å². The Morgan fingerprint density at radius 2 is 2.06 bits per heavy atom. The zero-order valence-corrected chi connectivity index (χ0v) is 11.6. The largest absolute Gasteiger partial charge is 0.369 e. The first-order chi connectivity index (χ1) is 8.59. The topological polar surface area (TPSA) is 58.7 Å². The van der Waals surface area contributed by atoms with Crippen molar-refractivity contribution in [1.82, 2.24) is 4.90 Å². The van der Waals surface area contributed by atoms with Gasteiger partial charge in [0.2, 0.25) is 0 Å². The fraction of sp³-hybridized carbons (Fsp3) is 0.857. The lowest BCUT2D eigenvalue weighted by atomic mass is 9.77. The highest BCUT2D eigenvalue weighted by Gasteiger charge is 2.46. The molecule has 1 heterocycles. The van der Waals surface area contributed by atoms with Crippen LogP contribution in [0.15, 0.2) is 4.99 Å². The number of rotatable bonds is 4. The van der Waals surface area contributed by atoms with E-state index in [2.05, 4.69) is 11.9 Å². The van der Waals surface area contributed by atoms with Gasteiger partial charge in [-0.25, -0.2) is 4.99 Å². The molecule has 0 radical (unpaired) electrons. The van der Waals surface area contributed by atoms with E-state index in [1.54, 1.807) is 7.05 Å². The van der Waals surface area contributed by atoms with Crippen LogP contribution < -0.4 is 5.73 Å². The van der Waals surface area contributed by atoms with E-state index in [1.165, 1.54) is 37.0 Å². The van der Waals surface area contributed by atoms with E-state index in [0.717, 1.165) is 19.3 Å². The Bertz CT molecular complexity index is 347. The van der Waals surface area contributed by atoms with E-state index in [1.807, 2.05) is 0 Å². The van der Waals surface area contributed by atoms with Gasteiger partial charge in [0.1, 0.15) is 5.54 Å². The number of amides is 1. The molecule has 2 N–H and O–H groups in total. The molecular weight excluding hydrogens is 226 g/mol. The lowest BCUT2D eigenvalue weighted by molar-refractivity contribution is -0.131. The molecule has 1 unspecified atom stereocenters. The Morgan fingerprint density at radius 1 is 1.39 bits per heavy atom. The normalized spacial score (nSPS) is 29.8. The third-order valence-electron chi connectivity index (χ3n) is 4.39. The quantitative estimate of drug-likeness (QED) is 0.833. The van der Waals surface area contributed by atoms with Crippen molar-refractivity contribution < 1.29 is 4.79 Å². The zero-order chi connectivity index (χ0) is 13.2. The van der Waals surface area contributed by atoms with Crippen LogP contribution in [0.5, 0.6) is 0 Å². The maximum atomic E-state index is 12.4. The molecule has 4 nitrogen and oxygen atoms in total. The molecule has 1 aliphatic heterocycles. The third-order valence-corrected chi connectivity index (χ3v) is 4.39. The Morgan fingerprint density at radius 3 is 2.56 bits per heavy atom. The molecule has 0 aromatic carbocycles. The van der Waals surface area contributed by atoms with Crippen molar-refractivity contribution in [3.63, 3.8) is 0 Å². The van der Waals surface area contributed by atoms with Gasteiger partial charge < -0.3 is 5.73 Å². The maximum Gasteiger partial charge on any atom is 0.257 e. The molecule has 18 heavy (non-hydrogen) atoms. The third kappa shape index (κ3) is 2.38. The van der Waals surface area contributed by atoms with E-state index in [-0.39, 0.29) is 5.91 Å². The first-order valence-corrected chi connectivity index (χ1v) is 7.22. The molecule has 0 bridgehead atoms. The van der Waals surface area contributed by atoms with Crippen LogP contribution in [0, 0.1) is 5.92 Å². The lowest BCUT2D eigenvalue weighted by Crippen LogP contribution is -2.43. The van der Waals surface area contributed by atoms with Crippen LogP contribution in [-0.2, 0) is 4.79 Å². The summed E-state index contributed by atoms with van der Waals surface area (Å²) in [5, 5.41) is 0. The van der Waals surface area contributed by atoms with Crippen molar-refractivity contribution in [1.29, 1.82) is 0 Å². The van der Waals surface area contributed by atoms with Crippen molar-refractivity contribution in [3.8, 4) is 0 Å². The summed E-state index contributed by atoms with van der Waals surface area (Å²) in [6.07, 6.45) is 9.14. The number of hydrogen-bond donors (Lipinski definition) is 1. The van der Waals surface area contributed by atoms with Crippen LogP contribution in [0.4, 0.5) is 0 Å². The number of carbonyl (C=O) groups is 1. The molecule has 102 valence electrons. The van der Waals surface area contributed by atoms with E-state index < -0.39 is 5.54 Å². The number of guanidine groups is 1. The Kier molecular flexibility index (Phi) is 3.93. The van der Waals surface area contributed by atoms with E-state index >= 15 is 0 Å². The average Bonchev–Trinajstić information content (AvgIpc) is 2.56. The SMILES string of the molecule is CCCC1(CC2CCCCC2)N=C(N)N(C)C1=O. The first-order valence-electron chi connectivity index (χ1n) is 7.22. The second-order valence-electron chi connectivity index (χ2n) is 5.82. The molecule has 0 spiro atoms. The smallest absolute Gasteiger partial charge is 0.257 e. The Hall–Kier alpha value is -1.06. The molecule has 2 aliphatic rings. The second-order valence-corrected chi connectivity index (χ2v) is 5.82.